The Labute approximate surface area is 205 Å². The number of aliphatic hydroxyl groups is 1. The quantitative estimate of drug-likeness (QED) is 0.405. The number of ether oxygens (including phenoxy) is 1. The van der Waals surface area contributed by atoms with Crippen molar-refractivity contribution in [2.45, 2.75) is 48.9 Å². The predicted molar refractivity (Wildman–Crippen MR) is 125 cm³/mol. The highest BCUT2D eigenvalue weighted by atomic mass is 79.9. The predicted octanol–water partition coefficient (Wildman–Crippen LogP) is 2.38. The molecule has 3 aliphatic rings. The van der Waals surface area contributed by atoms with Gasteiger partial charge in [0.15, 0.2) is 0 Å². The molecule has 0 radical (unpaired) electrons. The highest BCUT2D eigenvalue weighted by Gasteiger charge is 2.77. The molecule has 1 aromatic carbocycles. The third-order valence-corrected chi connectivity index (χ3v) is 8.17. The Morgan fingerprint density at radius 2 is 2.18 bits per heavy atom. The van der Waals surface area contributed by atoms with E-state index in [9.17, 15) is 24.6 Å². The number of hydrogen-bond acceptors (Lipinski definition) is 5. The number of aryl methyl sites for hydroxylation is 1. The molecule has 4 rings (SSSR count). The Morgan fingerprint density at radius 3 is 2.76 bits per heavy atom. The van der Waals surface area contributed by atoms with E-state index < -0.39 is 53.4 Å². The van der Waals surface area contributed by atoms with Gasteiger partial charge in [0.25, 0.3) is 5.91 Å². The highest BCUT2D eigenvalue weighted by Crippen LogP contribution is 2.60. The summed E-state index contributed by atoms with van der Waals surface area (Å²) in [7, 11) is 0. The van der Waals surface area contributed by atoms with Crippen molar-refractivity contribution in [1.29, 1.82) is 0 Å². The van der Waals surface area contributed by atoms with Crippen molar-refractivity contribution in [2.75, 3.05) is 18.1 Å². The number of aliphatic hydroxyl groups excluding tert-OH is 1. The van der Waals surface area contributed by atoms with E-state index in [2.05, 4.69) is 22.5 Å². The summed E-state index contributed by atoms with van der Waals surface area (Å²) in [5, 5.41) is 20.2. The van der Waals surface area contributed by atoms with Crippen LogP contribution in [0.2, 0.25) is 5.02 Å². The van der Waals surface area contributed by atoms with Crippen molar-refractivity contribution in [2.24, 2.45) is 11.8 Å². The van der Waals surface area contributed by atoms with Crippen LogP contribution in [0.15, 0.2) is 30.9 Å². The molecule has 7 atom stereocenters. The third kappa shape index (κ3) is 3.43. The molecule has 1 aromatic rings. The van der Waals surface area contributed by atoms with Crippen LogP contribution in [0.5, 0.6) is 0 Å². The third-order valence-electron chi connectivity index (χ3n) is 7.02. The van der Waals surface area contributed by atoms with E-state index in [-0.39, 0.29) is 18.0 Å². The zero-order valence-electron chi connectivity index (χ0n) is 18.3. The number of likely N-dealkylation sites (tertiary alicyclic amines) is 1. The van der Waals surface area contributed by atoms with Gasteiger partial charge in [-0.1, -0.05) is 45.7 Å². The first-order valence-corrected chi connectivity index (χ1v) is 12.0. The normalized spacial score (nSPS) is 33.2. The van der Waals surface area contributed by atoms with Crippen LogP contribution >= 0.6 is 27.5 Å². The van der Waals surface area contributed by atoms with Crippen molar-refractivity contribution in [1.82, 2.24) is 4.90 Å². The van der Waals surface area contributed by atoms with E-state index in [0.717, 1.165) is 5.56 Å². The molecule has 3 heterocycles. The standard InChI is InChI=1S/C23H26BrClN2O6/c1-4-8-26(17-11(2)6-5-7-14(17)25)21(30)19-23-9-13(24)18(33-23)15(22(31)32)16(23)20(29)27(19)12(3)10-28/h4-7,12-13,15-16,18-19,28H,1,8-10H2,2-3H3,(H,31,32)/t12-,13?,15-,16+,18-,19-,23+/m1/s1. The first kappa shape index (κ1) is 24.2. The first-order chi connectivity index (χ1) is 15.6. The molecule has 1 spiro atoms. The number of carbonyl (C=O) groups excluding carboxylic acids is 2. The summed E-state index contributed by atoms with van der Waals surface area (Å²) in [5.74, 6) is -4.18. The number of halogens is 2. The smallest absolute Gasteiger partial charge is 0.310 e. The molecule has 178 valence electrons. The van der Waals surface area contributed by atoms with Gasteiger partial charge in [0, 0.05) is 11.4 Å². The zero-order chi connectivity index (χ0) is 24.2. The van der Waals surface area contributed by atoms with Crippen LogP contribution < -0.4 is 4.90 Å². The zero-order valence-corrected chi connectivity index (χ0v) is 20.6. The van der Waals surface area contributed by atoms with Gasteiger partial charge in [0.2, 0.25) is 5.91 Å². The monoisotopic (exact) mass is 540 g/mol. The van der Waals surface area contributed by atoms with E-state index in [1.54, 1.807) is 25.1 Å². The van der Waals surface area contributed by atoms with E-state index in [1.807, 2.05) is 13.0 Å². The van der Waals surface area contributed by atoms with Crippen molar-refractivity contribution >= 4 is 51.0 Å². The SMILES string of the molecule is C=CCN(C(=O)[C@H]1N([C@H](C)CO)C(=O)[C@@H]2[C@@H](C(=O)O)[C@@H]3O[C@@]21CC3Br)c1c(C)cccc1Cl. The van der Waals surface area contributed by atoms with Gasteiger partial charge in [0.05, 0.1) is 41.3 Å². The number of rotatable bonds is 7. The number of carboxylic acids is 1. The lowest BCUT2D eigenvalue weighted by Gasteiger charge is -2.39. The number of para-hydroxylation sites is 1. The number of amides is 2. The van der Waals surface area contributed by atoms with Gasteiger partial charge >= 0.3 is 5.97 Å². The second-order valence-electron chi connectivity index (χ2n) is 8.92. The number of aliphatic carboxylic acids is 1. The van der Waals surface area contributed by atoms with Gasteiger partial charge in [-0.3, -0.25) is 14.4 Å². The van der Waals surface area contributed by atoms with Crippen molar-refractivity contribution in [3.8, 4) is 0 Å². The summed E-state index contributed by atoms with van der Waals surface area (Å²) in [4.78, 5) is 42.4. The van der Waals surface area contributed by atoms with Gasteiger partial charge in [-0.25, -0.2) is 0 Å². The minimum atomic E-state index is -1.33. The molecular weight excluding hydrogens is 516 g/mol. The van der Waals surface area contributed by atoms with E-state index >= 15 is 0 Å². The van der Waals surface area contributed by atoms with Crippen LogP contribution in [-0.2, 0) is 19.1 Å². The lowest BCUT2D eigenvalue weighted by Crippen LogP contribution is -2.59. The van der Waals surface area contributed by atoms with Gasteiger partial charge in [-0.05, 0) is 31.9 Å². The Morgan fingerprint density at radius 1 is 1.48 bits per heavy atom. The largest absolute Gasteiger partial charge is 0.481 e. The lowest BCUT2D eigenvalue weighted by molar-refractivity contribution is -0.150. The summed E-state index contributed by atoms with van der Waals surface area (Å²) in [6.45, 7) is 6.96. The second-order valence-corrected chi connectivity index (χ2v) is 10.5. The molecule has 3 aliphatic heterocycles. The fraction of sp³-hybridized carbons (Fsp3) is 0.522. The number of fused-ring (bicyclic) bond motifs is 1. The average Bonchev–Trinajstić information content (AvgIpc) is 3.35. The van der Waals surface area contributed by atoms with Crippen molar-refractivity contribution < 1.29 is 29.3 Å². The number of benzene rings is 1. The van der Waals surface area contributed by atoms with Crippen LogP contribution in [0.25, 0.3) is 0 Å². The molecule has 0 saturated carbocycles. The molecule has 2 bridgehead atoms. The fourth-order valence-electron chi connectivity index (χ4n) is 5.72. The molecule has 1 unspecified atom stereocenters. The maximum absolute atomic E-state index is 14.2. The van der Waals surface area contributed by atoms with Gasteiger partial charge < -0.3 is 24.7 Å². The second kappa shape index (κ2) is 8.69. The summed E-state index contributed by atoms with van der Waals surface area (Å²) in [6, 6.07) is 3.44. The molecule has 10 heteroatoms. The van der Waals surface area contributed by atoms with Crippen molar-refractivity contribution in [3.05, 3.63) is 41.4 Å². The lowest BCUT2D eigenvalue weighted by atomic mass is 9.70. The molecule has 3 saturated heterocycles. The minimum Gasteiger partial charge on any atom is -0.481 e. The van der Waals surface area contributed by atoms with E-state index in [1.165, 1.54) is 9.80 Å². The van der Waals surface area contributed by atoms with E-state index in [4.69, 9.17) is 16.3 Å². The van der Waals surface area contributed by atoms with Crippen LogP contribution in [0.1, 0.15) is 18.9 Å². The summed E-state index contributed by atoms with van der Waals surface area (Å²) < 4.78 is 6.25. The van der Waals surface area contributed by atoms with Gasteiger partial charge in [0.1, 0.15) is 11.6 Å². The number of anilines is 1. The Balaban J connectivity index is 1.87. The summed E-state index contributed by atoms with van der Waals surface area (Å²) in [6.07, 6.45) is 1.13. The number of carbonyl (C=O) groups is 3. The maximum atomic E-state index is 14.2. The summed E-state index contributed by atoms with van der Waals surface area (Å²) >= 11 is 9.99. The molecule has 33 heavy (non-hydrogen) atoms. The number of nitrogens with zero attached hydrogens (tertiary/aromatic N) is 2. The molecule has 2 N–H and O–H groups in total. The first-order valence-electron chi connectivity index (χ1n) is 10.8. The molecule has 0 aliphatic carbocycles. The van der Waals surface area contributed by atoms with Crippen LogP contribution in [0, 0.1) is 18.8 Å². The molecule has 3 fully saturated rings. The van der Waals surface area contributed by atoms with E-state index in [0.29, 0.717) is 17.1 Å². The van der Waals surface area contributed by atoms with Crippen molar-refractivity contribution in [3.63, 3.8) is 0 Å². The number of carboxylic acid groups (broad SMARTS) is 1. The highest BCUT2D eigenvalue weighted by molar-refractivity contribution is 9.09. The van der Waals surface area contributed by atoms with Crippen LogP contribution in [0.4, 0.5) is 5.69 Å². The van der Waals surface area contributed by atoms with Gasteiger partial charge in [-0.15, -0.1) is 6.58 Å². The Hall–Kier alpha value is -1.94. The maximum Gasteiger partial charge on any atom is 0.310 e. The summed E-state index contributed by atoms with van der Waals surface area (Å²) in [5.41, 5.74) is -0.0735. The topological polar surface area (TPSA) is 107 Å². The van der Waals surface area contributed by atoms with Crippen LogP contribution in [-0.4, -0.2) is 74.7 Å². The fourth-order valence-corrected chi connectivity index (χ4v) is 6.99. The Bertz CT molecular complexity index is 1000. The average molecular weight is 542 g/mol. The molecule has 0 aromatic heterocycles. The number of hydrogen-bond donors (Lipinski definition) is 2. The minimum absolute atomic E-state index is 0.125. The molecular formula is C23H26BrClN2O6. The molecule has 8 nitrogen and oxygen atoms in total. The molecule has 2 amide bonds. The van der Waals surface area contributed by atoms with Crippen LogP contribution in [0.3, 0.4) is 0 Å². The van der Waals surface area contributed by atoms with Gasteiger partial charge in [-0.2, -0.15) is 0 Å². The Kier molecular flexibility index (Phi) is 6.37. The number of alkyl halides is 1.